The van der Waals surface area contributed by atoms with Crippen molar-refractivity contribution in [2.45, 2.75) is 25.7 Å². The molecule has 0 radical (unpaired) electrons. The first-order valence-corrected chi connectivity index (χ1v) is 6.32. The van der Waals surface area contributed by atoms with E-state index >= 15 is 0 Å². The summed E-state index contributed by atoms with van der Waals surface area (Å²) in [5.74, 6) is -0.526. The molecular weight excluding hydrogens is 236 g/mol. The number of aromatic amines is 1. The van der Waals surface area contributed by atoms with Crippen LogP contribution in [0.3, 0.4) is 0 Å². The molecule has 0 aliphatic heterocycles. The summed E-state index contributed by atoms with van der Waals surface area (Å²) < 4.78 is 0. The normalized spacial score (nSPS) is 18.3. The Morgan fingerprint density at radius 3 is 3.00 bits per heavy atom. The maximum absolute atomic E-state index is 11.0. The summed E-state index contributed by atoms with van der Waals surface area (Å²) in [5, 5.41) is 15.7. The fourth-order valence-electron chi connectivity index (χ4n) is 2.41. The van der Waals surface area contributed by atoms with E-state index in [1.54, 1.807) is 11.3 Å². The number of carboxylic acid groups (broad SMARTS) is 1. The molecule has 2 heterocycles. The van der Waals surface area contributed by atoms with Crippen molar-refractivity contribution in [3.63, 3.8) is 0 Å². The minimum Gasteiger partial charge on any atom is -0.476 e. The van der Waals surface area contributed by atoms with Crippen molar-refractivity contribution >= 4 is 17.3 Å². The van der Waals surface area contributed by atoms with Gasteiger partial charge < -0.3 is 5.11 Å². The zero-order valence-corrected chi connectivity index (χ0v) is 10.2. The molecular formula is C12H12N2O2S. The van der Waals surface area contributed by atoms with Crippen LogP contribution in [0.25, 0.3) is 0 Å². The molecule has 0 fully saturated rings. The molecule has 1 atom stereocenters. The minimum atomic E-state index is -0.939. The summed E-state index contributed by atoms with van der Waals surface area (Å²) in [6.45, 7) is 2.09. The maximum Gasteiger partial charge on any atom is 0.356 e. The third kappa shape index (κ3) is 1.67. The second-order valence-corrected chi connectivity index (χ2v) is 5.71. The number of aromatic carboxylic acids is 1. The van der Waals surface area contributed by atoms with Gasteiger partial charge in [0.05, 0.1) is 0 Å². The smallest absolute Gasteiger partial charge is 0.356 e. The predicted molar refractivity (Wildman–Crippen MR) is 64.8 cm³/mol. The molecule has 0 saturated heterocycles. The molecule has 1 aliphatic rings. The van der Waals surface area contributed by atoms with Crippen LogP contribution in [0.15, 0.2) is 12.1 Å². The number of nitrogens with zero attached hydrogens (tertiary/aromatic N) is 1. The summed E-state index contributed by atoms with van der Waals surface area (Å²) in [7, 11) is 0. The highest BCUT2D eigenvalue weighted by atomic mass is 32.1. The van der Waals surface area contributed by atoms with Crippen LogP contribution in [0.1, 0.15) is 37.4 Å². The summed E-state index contributed by atoms with van der Waals surface area (Å²) in [6, 6.07) is 4.26. The van der Waals surface area contributed by atoms with Gasteiger partial charge in [0.25, 0.3) is 0 Å². The van der Waals surface area contributed by atoms with Crippen LogP contribution in [-0.4, -0.2) is 21.3 Å². The third-order valence-electron chi connectivity index (χ3n) is 3.22. The molecule has 2 aromatic heterocycles. The minimum absolute atomic E-state index is 0.191. The van der Waals surface area contributed by atoms with Gasteiger partial charge in [-0.15, -0.1) is 11.3 Å². The van der Waals surface area contributed by atoms with Crippen LogP contribution >= 0.6 is 11.3 Å². The standard InChI is InChI=1S/C12H12N2O2S/c1-6-2-3-10(17-6)7-4-8-9(5-7)13-14-11(8)12(15)16/h2-3,7H,4-5H2,1H3,(H,13,14)(H,15,16). The second-order valence-electron chi connectivity index (χ2n) is 4.39. The molecule has 0 saturated carbocycles. The Balaban J connectivity index is 1.90. The van der Waals surface area contributed by atoms with E-state index in [0.717, 1.165) is 24.1 Å². The molecule has 2 N–H and O–H groups in total. The Bertz CT molecular complexity index is 585. The van der Waals surface area contributed by atoms with Crippen LogP contribution in [0.4, 0.5) is 0 Å². The molecule has 4 nitrogen and oxygen atoms in total. The number of rotatable bonds is 2. The van der Waals surface area contributed by atoms with Crippen molar-refractivity contribution in [3.8, 4) is 0 Å². The van der Waals surface area contributed by atoms with E-state index in [1.165, 1.54) is 9.75 Å². The van der Waals surface area contributed by atoms with Crippen LogP contribution < -0.4 is 0 Å². The lowest BCUT2D eigenvalue weighted by atomic mass is 10.0. The molecule has 0 amide bonds. The number of thiophene rings is 1. The maximum atomic E-state index is 11.0. The van der Waals surface area contributed by atoms with Crippen molar-refractivity contribution in [1.29, 1.82) is 0 Å². The molecule has 88 valence electrons. The first-order valence-electron chi connectivity index (χ1n) is 5.51. The number of hydrogen-bond donors (Lipinski definition) is 2. The molecule has 17 heavy (non-hydrogen) atoms. The van der Waals surface area contributed by atoms with E-state index in [1.807, 2.05) is 0 Å². The highest BCUT2D eigenvalue weighted by Gasteiger charge is 2.30. The quantitative estimate of drug-likeness (QED) is 0.857. The first-order chi connectivity index (χ1) is 8.15. The molecule has 0 aromatic carbocycles. The highest BCUT2D eigenvalue weighted by molar-refractivity contribution is 7.12. The van der Waals surface area contributed by atoms with Crippen LogP contribution in [-0.2, 0) is 12.8 Å². The van der Waals surface area contributed by atoms with Gasteiger partial charge >= 0.3 is 5.97 Å². The van der Waals surface area contributed by atoms with E-state index in [4.69, 9.17) is 5.11 Å². The van der Waals surface area contributed by atoms with Gasteiger partial charge in [-0.3, -0.25) is 5.10 Å². The largest absolute Gasteiger partial charge is 0.476 e. The molecule has 1 unspecified atom stereocenters. The Labute approximate surface area is 102 Å². The molecule has 2 aromatic rings. The lowest BCUT2D eigenvalue weighted by Crippen LogP contribution is -2.03. The molecule has 0 bridgehead atoms. The number of aromatic nitrogens is 2. The SMILES string of the molecule is Cc1ccc(C2Cc3[nH]nc(C(=O)O)c3C2)s1. The molecule has 0 spiro atoms. The highest BCUT2D eigenvalue weighted by Crippen LogP contribution is 2.37. The average Bonchev–Trinajstić information content (AvgIpc) is 2.89. The predicted octanol–water partition coefficient (Wildman–Crippen LogP) is 2.36. The van der Waals surface area contributed by atoms with Crippen molar-refractivity contribution < 1.29 is 9.90 Å². The van der Waals surface area contributed by atoms with Gasteiger partial charge in [0.15, 0.2) is 5.69 Å². The Kier molecular flexibility index (Phi) is 2.29. The van der Waals surface area contributed by atoms with E-state index in [2.05, 4.69) is 29.3 Å². The summed E-state index contributed by atoms with van der Waals surface area (Å²) >= 11 is 1.79. The van der Waals surface area contributed by atoms with Gasteiger partial charge in [0.1, 0.15) is 0 Å². The van der Waals surface area contributed by atoms with Crippen molar-refractivity contribution in [3.05, 3.63) is 38.8 Å². The number of carbonyl (C=O) groups is 1. The van der Waals surface area contributed by atoms with E-state index < -0.39 is 5.97 Å². The van der Waals surface area contributed by atoms with Crippen molar-refractivity contribution in [2.75, 3.05) is 0 Å². The van der Waals surface area contributed by atoms with E-state index in [-0.39, 0.29) is 5.69 Å². The number of aryl methyl sites for hydroxylation is 1. The molecule has 5 heteroatoms. The van der Waals surface area contributed by atoms with Gasteiger partial charge in [-0.05, 0) is 31.9 Å². The summed E-state index contributed by atoms with van der Waals surface area (Å²) in [5.41, 5.74) is 2.06. The first kappa shape index (κ1) is 10.5. The topological polar surface area (TPSA) is 66.0 Å². The van der Waals surface area contributed by atoms with E-state index in [9.17, 15) is 4.79 Å². The van der Waals surface area contributed by atoms with Gasteiger partial charge in [-0.2, -0.15) is 5.10 Å². The number of carboxylic acids is 1. The summed E-state index contributed by atoms with van der Waals surface area (Å²) in [6.07, 6.45) is 1.66. The van der Waals surface area contributed by atoms with Gasteiger partial charge in [-0.25, -0.2) is 4.79 Å². The Hall–Kier alpha value is -1.62. The second kappa shape index (κ2) is 3.70. The van der Waals surface area contributed by atoms with E-state index in [0.29, 0.717) is 5.92 Å². The van der Waals surface area contributed by atoms with Crippen LogP contribution in [0.2, 0.25) is 0 Å². The zero-order valence-electron chi connectivity index (χ0n) is 9.36. The van der Waals surface area contributed by atoms with Crippen molar-refractivity contribution in [1.82, 2.24) is 10.2 Å². The van der Waals surface area contributed by atoms with Gasteiger partial charge in [-0.1, -0.05) is 0 Å². The fraction of sp³-hybridized carbons (Fsp3) is 0.333. The monoisotopic (exact) mass is 248 g/mol. The molecule has 3 rings (SSSR count). The van der Waals surface area contributed by atoms with Gasteiger partial charge in [0.2, 0.25) is 0 Å². The lowest BCUT2D eigenvalue weighted by Gasteiger charge is -2.05. The summed E-state index contributed by atoms with van der Waals surface area (Å²) in [4.78, 5) is 13.6. The Morgan fingerprint density at radius 2 is 2.35 bits per heavy atom. The van der Waals surface area contributed by atoms with Crippen LogP contribution in [0.5, 0.6) is 0 Å². The third-order valence-corrected chi connectivity index (χ3v) is 4.38. The number of nitrogens with one attached hydrogen (secondary N) is 1. The Morgan fingerprint density at radius 1 is 1.53 bits per heavy atom. The number of fused-ring (bicyclic) bond motifs is 1. The average molecular weight is 248 g/mol. The van der Waals surface area contributed by atoms with Crippen molar-refractivity contribution in [2.24, 2.45) is 0 Å². The molecule has 1 aliphatic carbocycles. The number of hydrogen-bond acceptors (Lipinski definition) is 3. The fourth-order valence-corrected chi connectivity index (χ4v) is 3.38. The zero-order chi connectivity index (χ0) is 12.0. The van der Waals surface area contributed by atoms with Gasteiger partial charge in [0, 0.05) is 26.9 Å². The number of H-pyrrole nitrogens is 1. The lowest BCUT2D eigenvalue weighted by molar-refractivity contribution is 0.0689. The van der Waals surface area contributed by atoms with Crippen LogP contribution in [0, 0.1) is 6.92 Å².